The van der Waals surface area contributed by atoms with E-state index < -0.39 is 11.9 Å². The van der Waals surface area contributed by atoms with Crippen molar-refractivity contribution in [1.82, 2.24) is 20.5 Å². The molecule has 5 nitrogen and oxygen atoms in total. The van der Waals surface area contributed by atoms with Gasteiger partial charge < -0.3 is 10.6 Å². The van der Waals surface area contributed by atoms with Crippen molar-refractivity contribution in [3.63, 3.8) is 0 Å². The largest absolute Gasteiger partial charge is 0.434 e. The molecular formula is C18H24F3N5S2. The normalized spacial score (nSPS) is 17.1. The maximum atomic E-state index is 12.6. The quantitative estimate of drug-likeness (QED) is 0.542. The van der Waals surface area contributed by atoms with Gasteiger partial charge in [0.1, 0.15) is 0 Å². The van der Waals surface area contributed by atoms with Gasteiger partial charge in [0.25, 0.3) is 0 Å². The third-order valence-electron chi connectivity index (χ3n) is 4.61. The van der Waals surface area contributed by atoms with Crippen LogP contribution in [0.1, 0.15) is 29.1 Å². The number of thiophene rings is 1. The molecule has 0 saturated carbocycles. The van der Waals surface area contributed by atoms with Crippen molar-refractivity contribution >= 4 is 28.6 Å². The van der Waals surface area contributed by atoms with Crippen molar-refractivity contribution in [3.8, 4) is 0 Å². The van der Waals surface area contributed by atoms with Crippen molar-refractivity contribution in [3.05, 3.63) is 38.5 Å². The highest BCUT2D eigenvalue weighted by Gasteiger charge is 2.33. The Kier molecular flexibility index (Phi) is 7.30. The van der Waals surface area contributed by atoms with E-state index in [9.17, 15) is 13.2 Å². The Morgan fingerprint density at radius 3 is 2.71 bits per heavy atom. The lowest BCUT2D eigenvalue weighted by Gasteiger charge is -2.32. The summed E-state index contributed by atoms with van der Waals surface area (Å²) in [7, 11) is 1.70. The molecule has 10 heteroatoms. The Morgan fingerprint density at radius 2 is 2.11 bits per heavy atom. The van der Waals surface area contributed by atoms with Crippen LogP contribution in [0.25, 0.3) is 0 Å². The number of nitrogens with one attached hydrogen (secondary N) is 2. The second-order valence-corrected chi connectivity index (χ2v) is 8.42. The first-order chi connectivity index (χ1) is 13.4. The molecule has 0 spiro atoms. The highest BCUT2D eigenvalue weighted by atomic mass is 32.1. The minimum atomic E-state index is -4.38. The lowest BCUT2D eigenvalue weighted by atomic mass is 10.0. The number of hydrogen-bond donors (Lipinski definition) is 2. The molecule has 1 aliphatic rings. The van der Waals surface area contributed by atoms with Crippen molar-refractivity contribution in [1.29, 1.82) is 0 Å². The molecule has 0 unspecified atom stereocenters. The Bertz CT molecular complexity index is 750. The van der Waals surface area contributed by atoms with Crippen LogP contribution in [0.5, 0.6) is 0 Å². The average Bonchev–Trinajstić information content (AvgIpc) is 3.34. The number of guanidine groups is 1. The number of hydrogen-bond acceptors (Lipinski definition) is 5. The van der Waals surface area contributed by atoms with Gasteiger partial charge in [-0.05, 0) is 35.2 Å². The number of thiazole rings is 1. The fraction of sp³-hybridized carbons (Fsp3) is 0.556. The van der Waals surface area contributed by atoms with Crippen LogP contribution in [-0.4, -0.2) is 48.6 Å². The van der Waals surface area contributed by atoms with E-state index in [0.717, 1.165) is 49.2 Å². The summed E-state index contributed by atoms with van der Waals surface area (Å²) in [4.78, 5) is 10.3. The highest BCUT2D eigenvalue weighted by Crippen LogP contribution is 2.30. The van der Waals surface area contributed by atoms with E-state index in [-0.39, 0.29) is 0 Å². The topological polar surface area (TPSA) is 52.6 Å². The smallest absolute Gasteiger partial charge is 0.356 e. The van der Waals surface area contributed by atoms with E-state index in [1.807, 2.05) is 0 Å². The maximum Gasteiger partial charge on any atom is 0.434 e. The standard InChI is InChI=1S/C18H24F3N5S2/c1-22-17(23-6-2-16-25-15(12-28-16)18(19,20)21)24-14-3-7-26(8-4-14)10-13-5-9-27-11-13/h5,9,11-12,14H,2-4,6-8,10H2,1H3,(H2,22,23,24). The molecule has 28 heavy (non-hydrogen) atoms. The fourth-order valence-electron chi connectivity index (χ4n) is 3.11. The minimum absolute atomic E-state index is 0.349. The molecular weight excluding hydrogens is 407 g/mol. The van der Waals surface area contributed by atoms with Crippen molar-refractivity contribution in [2.24, 2.45) is 4.99 Å². The summed E-state index contributed by atoms with van der Waals surface area (Å²) in [6.45, 7) is 3.55. The van der Waals surface area contributed by atoms with Crippen LogP contribution in [0.15, 0.2) is 27.2 Å². The first-order valence-electron chi connectivity index (χ1n) is 9.16. The molecule has 0 amide bonds. The zero-order valence-electron chi connectivity index (χ0n) is 15.6. The molecule has 1 saturated heterocycles. The van der Waals surface area contributed by atoms with E-state index in [1.165, 1.54) is 5.56 Å². The molecule has 3 heterocycles. The van der Waals surface area contributed by atoms with Crippen LogP contribution in [-0.2, 0) is 19.1 Å². The minimum Gasteiger partial charge on any atom is -0.356 e. The molecule has 0 radical (unpaired) electrons. The predicted octanol–water partition coefficient (Wildman–Crippen LogP) is 3.60. The summed E-state index contributed by atoms with van der Waals surface area (Å²) in [6, 6.07) is 2.52. The van der Waals surface area contributed by atoms with E-state index in [0.29, 0.717) is 30.0 Å². The van der Waals surface area contributed by atoms with Crippen LogP contribution >= 0.6 is 22.7 Å². The number of nitrogens with zero attached hydrogens (tertiary/aromatic N) is 3. The van der Waals surface area contributed by atoms with E-state index in [1.54, 1.807) is 18.4 Å². The highest BCUT2D eigenvalue weighted by molar-refractivity contribution is 7.09. The molecule has 0 bridgehead atoms. The van der Waals surface area contributed by atoms with Crippen LogP contribution in [0.3, 0.4) is 0 Å². The summed E-state index contributed by atoms with van der Waals surface area (Å²) in [6.07, 6.45) is -1.88. The van der Waals surface area contributed by atoms with Gasteiger partial charge in [0.05, 0.1) is 5.01 Å². The molecule has 0 aromatic carbocycles. The summed E-state index contributed by atoms with van der Waals surface area (Å²) < 4.78 is 37.8. The zero-order valence-corrected chi connectivity index (χ0v) is 17.3. The fourth-order valence-corrected chi connectivity index (χ4v) is 4.57. The molecule has 2 aromatic rings. The van der Waals surface area contributed by atoms with Crippen molar-refractivity contribution < 1.29 is 13.2 Å². The van der Waals surface area contributed by atoms with Gasteiger partial charge in [-0.15, -0.1) is 11.3 Å². The molecule has 2 N–H and O–H groups in total. The van der Waals surface area contributed by atoms with Gasteiger partial charge in [-0.2, -0.15) is 24.5 Å². The summed E-state index contributed by atoms with van der Waals surface area (Å²) in [5.41, 5.74) is 0.550. The van der Waals surface area contributed by atoms with Crippen LogP contribution < -0.4 is 10.6 Å². The van der Waals surface area contributed by atoms with Gasteiger partial charge >= 0.3 is 6.18 Å². The number of piperidine rings is 1. The van der Waals surface area contributed by atoms with E-state index >= 15 is 0 Å². The second-order valence-electron chi connectivity index (χ2n) is 6.70. The number of rotatable bonds is 6. The van der Waals surface area contributed by atoms with Gasteiger partial charge in [-0.1, -0.05) is 0 Å². The third kappa shape index (κ3) is 6.18. The van der Waals surface area contributed by atoms with Gasteiger partial charge in [0, 0.05) is 51.1 Å². The van der Waals surface area contributed by atoms with Crippen LogP contribution in [0.2, 0.25) is 0 Å². The number of likely N-dealkylation sites (tertiary alicyclic amines) is 1. The van der Waals surface area contributed by atoms with Crippen molar-refractivity contribution in [2.75, 3.05) is 26.7 Å². The SMILES string of the molecule is CN=C(NCCc1nc(C(F)(F)F)cs1)NC1CCN(Cc2ccsc2)CC1. The Balaban J connectivity index is 1.37. The van der Waals surface area contributed by atoms with Gasteiger partial charge in [-0.3, -0.25) is 9.89 Å². The first kappa shape index (κ1) is 21.1. The molecule has 1 fully saturated rings. The monoisotopic (exact) mass is 431 g/mol. The number of aromatic nitrogens is 1. The number of aliphatic imine (C=N–C) groups is 1. The van der Waals surface area contributed by atoms with Gasteiger partial charge in [0.15, 0.2) is 11.7 Å². The van der Waals surface area contributed by atoms with Crippen molar-refractivity contribution in [2.45, 2.75) is 38.0 Å². The third-order valence-corrected chi connectivity index (χ3v) is 6.25. The second kappa shape index (κ2) is 9.71. The first-order valence-corrected chi connectivity index (χ1v) is 11.0. The van der Waals surface area contributed by atoms with Gasteiger partial charge in [-0.25, -0.2) is 4.98 Å². The number of alkyl halides is 3. The lowest BCUT2D eigenvalue weighted by molar-refractivity contribution is -0.140. The average molecular weight is 432 g/mol. The zero-order chi connectivity index (χ0) is 20.0. The van der Waals surface area contributed by atoms with Crippen LogP contribution in [0.4, 0.5) is 13.2 Å². The maximum absolute atomic E-state index is 12.6. The molecule has 0 atom stereocenters. The summed E-state index contributed by atoms with van der Waals surface area (Å²) >= 11 is 2.76. The van der Waals surface area contributed by atoms with E-state index in [4.69, 9.17) is 0 Å². The predicted molar refractivity (Wildman–Crippen MR) is 108 cm³/mol. The Hall–Kier alpha value is -1.65. The summed E-state index contributed by atoms with van der Waals surface area (Å²) in [5.74, 6) is 0.684. The molecule has 154 valence electrons. The molecule has 3 rings (SSSR count). The summed E-state index contributed by atoms with van der Waals surface area (Å²) in [5, 5.41) is 12.4. The Morgan fingerprint density at radius 1 is 1.32 bits per heavy atom. The molecule has 0 aliphatic carbocycles. The van der Waals surface area contributed by atoms with Gasteiger partial charge in [0.2, 0.25) is 0 Å². The van der Waals surface area contributed by atoms with E-state index in [2.05, 4.69) is 42.3 Å². The molecule has 2 aromatic heterocycles. The number of halogens is 3. The molecule has 1 aliphatic heterocycles. The Labute approximate surface area is 170 Å². The van der Waals surface area contributed by atoms with Crippen LogP contribution in [0, 0.1) is 0 Å². The lowest BCUT2D eigenvalue weighted by Crippen LogP contribution is -2.48.